The van der Waals surface area contributed by atoms with Crippen LogP contribution in [0.3, 0.4) is 0 Å². The van der Waals surface area contributed by atoms with E-state index in [4.69, 9.17) is 0 Å². The summed E-state index contributed by atoms with van der Waals surface area (Å²) in [5, 5.41) is 0.994. The third-order valence-corrected chi connectivity index (χ3v) is 3.96. The first-order chi connectivity index (χ1) is 8.16. The normalized spacial score (nSPS) is 20.5. The van der Waals surface area contributed by atoms with Gasteiger partial charge in [0, 0.05) is 28.0 Å². The summed E-state index contributed by atoms with van der Waals surface area (Å²) in [5.41, 5.74) is 0.759. The van der Waals surface area contributed by atoms with Crippen LogP contribution >= 0.6 is 35.2 Å². The molecule has 1 saturated heterocycles. The standard InChI is InChI=1S/C10H9IN4OS/c11-6-2-12-9-8(6)10(14-4-13-9)15-3-5(17)1-7(15)16/h2,4-5,17H,1,3H2,(H,12,13,14). The minimum absolute atomic E-state index is 0.0713. The largest absolute Gasteiger partial charge is 0.345 e. The molecule has 1 fully saturated rings. The molecular formula is C10H9IN4OS. The lowest BCUT2D eigenvalue weighted by Gasteiger charge is -2.15. The number of aromatic nitrogens is 3. The Labute approximate surface area is 117 Å². The summed E-state index contributed by atoms with van der Waals surface area (Å²) < 4.78 is 1.02. The highest BCUT2D eigenvalue weighted by Gasteiger charge is 2.31. The summed E-state index contributed by atoms with van der Waals surface area (Å²) in [6, 6.07) is 0. The van der Waals surface area contributed by atoms with Crippen LogP contribution in [0, 0.1) is 3.57 Å². The van der Waals surface area contributed by atoms with Gasteiger partial charge in [0.2, 0.25) is 5.91 Å². The van der Waals surface area contributed by atoms with Gasteiger partial charge in [-0.2, -0.15) is 12.6 Å². The molecule has 0 aliphatic carbocycles. The number of nitrogens with one attached hydrogen (secondary N) is 1. The second-order valence-corrected chi connectivity index (χ2v) is 5.81. The van der Waals surface area contributed by atoms with E-state index in [-0.39, 0.29) is 11.2 Å². The van der Waals surface area contributed by atoms with Crippen LogP contribution in [-0.4, -0.2) is 32.7 Å². The lowest BCUT2D eigenvalue weighted by atomic mass is 10.3. The minimum atomic E-state index is 0.0713. The average molecular weight is 360 g/mol. The van der Waals surface area contributed by atoms with Crippen LogP contribution < -0.4 is 4.90 Å². The number of amides is 1. The third-order valence-electron chi connectivity index (χ3n) is 2.76. The Morgan fingerprint density at radius 2 is 2.35 bits per heavy atom. The molecular weight excluding hydrogens is 351 g/mol. The Bertz CT molecular complexity index is 599. The molecule has 1 amide bonds. The molecule has 3 heterocycles. The van der Waals surface area contributed by atoms with Gasteiger partial charge >= 0.3 is 0 Å². The number of aromatic amines is 1. The molecule has 0 bridgehead atoms. The highest BCUT2D eigenvalue weighted by Crippen LogP contribution is 2.30. The van der Waals surface area contributed by atoms with Gasteiger partial charge in [-0.05, 0) is 22.6 Å². The van der Waals surface area contributed by atoms with Crippen molar-refractivity contribution in [3.63, 3.8) is 0 Å². The van der Waals surface area contributed by atoms with Gasteiger partial charge in [-0.15, -0.1) is 0 Å². The van der Waals surface area contributed by atoms with Crippen molar-refractivity contribution in [3.8, 4) is 0 Å². The molecule has 5 nitrogen and oxygen atoms in total. The van der Waals surface area contributed by atoms with Gasteiger partial charge in [0.1, 0.15) is 17.8 Å². The molecule has 2 aromatic heterocycles. The fraction of sp³-hybridized carbons (Fsp3) is 0.300. The van der Waals surface area contributed by atoms with E-state index in [2.05, 4.69) is 50.2 Å². The zero-order valence-electron chi connectivity index (χ0n) is 8.72. The van der Waals surface area contributed by atoms with E-state index in [0.29, 0.717) is 18.8 Å². The van der Waals surface area contributed by atoms with Crippen molar-refractivity contribution in [1.29, 1.82) is 0 Å². The first kappa shape index (κ1) is 11.3. The molecule has 17 heavy (non-hydrogen) atoms. The van der Waals surface area contributed by atoms with Crippen molar-refractivity contribution in [2.45, 2.75) is 11.7 Å². The van der Waals surface area contributed by atoms with Crippen LogP contribution in [0.2, 0.25) is 0 Å². The van der Waals surface area contributed by atoms with Gasteiger partial charge in [0.15, 0.2) is 0 Å². The first-order valence-corrected chi connectivity index (χ1v) is 6.72. The molecule has 2 aromatic rings. The molecule has 1 unspecified atom stereocenters. The Kier molecular flexibility index (Phi) is 2.74. The van der Waals surface area contributed by atoms with Gasteiger partial charge in [-0.3, -0.25) is 9.69 Å². The average Bonchev–Trinajstić information content (AvgIpc) is 2.83. The van der Waals surface area contributed by atoms with E-state index in [1.165, 1.54) is 6.33 Å². The van der Waals surface area contributed by atoms with Gasteiger partial charge in [0.05, 0.1) is 5.39 Å². The number of fused-ring (bicyclic) bond motifs is 1. The first-order valence-electron chi connectivity index (χ1n) is 5.13. The fourth-order valence-corrected chi connectivity index (χ4v) is 2.98. The second-order valence-electron chi connectivity index (χ2n) is 3.92. The van der Waals surface area contributed by atoms with E-state index in [9.17, 15) is 4.79 Å². The molecule has 7 heteroatoms. The number of rotatable bonds is 1. The Morgan fingerprint density at radius 3 is 3.06 bits per heavy atom. The van der Waals surface area contributed by atoms with Gasteiger partial charge in [-0.25, -0.2) is 9.97 Å². The van der Waals surface area contributed by atoms with Crippen LogP contribution in [0.4, 0.5) is 5.82 Å². The van der Waals surface area contributed by atoms with Gasteiger partial charge in [0.25, 0.3) is 0 Å². The van der Waals surface area contributed by atoms with E-state index in [1.807, 2.05) is 6.20 Å². The maximum atomic E-state index is 11.9. The van der Waals surface area contributed by atoms with Crippen molar-refractivity contribution in [2.24, 2.45) is 0 Å². The number of carbonyl (C=O) groups is 1. The van der Waals surface area contributed by atoms with Gasteiger partial charge in [-0.1, -0.05) is 0 Å². The minimum Gasteiger partial charge on any atom is -0.345 e. The van der Waals surface area contributed by atoms with Crippen molar-refractivity contribution in [3.05, 3.63) is 16.1 Å². The van der Waals surface area contributed by atoms with E-state index < -0.39 is 0 Å². The zero-order valence-corrected chi connectivity index (χ0v) is 11.8. The summed E-state index contributed by atoms with van der Waals surface area (Å²) in [6.07, 6.45) is 3.81. The molecule has 0 spiro atoms. The number of hydrogen-bond donors (Lipinski definition) is 2. The van der Waals surface area contributed by atoms with E-state index in [0.717, 1.165) is 14.6 Å². The topological polar surface area (TPSA) is 61.9 Å². The monoisotopic (exact) mass is 360 g/mol. The van der Waals surface area contributed by atoms with Crippen LogP contribution in [0.1, 0.15) is 6.42 Å². The molecule has 0 saturated carbocycles. The lowest BCUT2D eigenvalue weighted by Crippen LogP contribution is -2.26. The number of halogens is 1. The number of thiol groups is 1. The Morgan fingerprint density at radius 1 is 1.53 bits per heavy atom. The van der Waals surface area contributed by atoms with Crippen molar-refractivity contribution >= 4 is 58.0 Å². The molecule has 0 aromatic carbocycles. The SMILES string of the molecule is O=C1CC(S)CN1c1ncnc2[nH]cc(I)c12. The maximum Gasteiger partial charge on any atom is 0.229 e. The van der Waals surface area contributed by atoms with E-state index in [1.54, 1.807) is 4.90 Å². The summed E-state index contributed by atoms with van der Waals surface area (Å²) in [6.45, 7) is 0.606. The number of H-pyrrole nitrogens is 1. The number of nitrogens with zero attached hydrogens (tertiary/aromatic N) is 3. The van der Waals surface area contributed by atoms with Crippen molar-refractivity contribution < 1.29 is 4.79 Å². The molecule has 88 valence electrons. The maximum absolute atomic E-state index is 11.9. The molecule has 0 radical (unpaired) electrons. The summed E-state index contributed by atoms with van der Waals surface area (Å²) in [4.78, 5) is 25.0. The molecule has 1 N–H and O–H groups in total. The summed E-state index contributed by atoms with van der Waals surface area (Å²) in [7, 11) is 0. The van der Waals surface area contributed by atoms with Crippen LogP contribution in [-0.2, 0) is 4.79 Å². The summed E-state index contributed by atoms with van der Waals surface area (Å²) in [5.74, 6) is 0.754. The third kappa shape index (κ3) is 1.81. The predicted molar refractivity (Wildman–Crippen MR) is 76.3 cm³/mol. The van der Waals surface area contributed by atoms with Crippen LogP contribution in [0.25, 0.3) is 11.0 Å². The highest BCUT2D eigenvalue weighted by atomic mass is 127. The fourth-order valence-electron chi connectivity index (χ4n) is 2.01. The smallest absolute Gasteiger partial charge is 0.229 e. The number of carbonyl (C=O) groups excluding carboxylic acids is 1. The van der Waals surface area contributed by atoms with Crippen LogP contribution in [0.5, 0.6) is 0 Å². The molecule has 1 aliphatic heterocycles. The quantitative estimate of drug-likeness (QED) is 0.600. The molecule has 3 rings (SSSR count). The highest BCUT2D eigenvalue weighted by molar-refractivity contribution is 14.1. The van der Waals surface area contributed by atoms with Crippen LogP contribution in [0.15, 0.2) is 12.5 Å². The van der Waals surface area contributed by atoms with Crippen molar-refractivity contribution in [2.75, 3.05) is 11.4 Å². The molecule has 1 aliphatic rings. The number of anilines is 1. The van der Waals surface area contributed by atoms with Gasteiger partial charge < -0.3 is 4.98 Å². The Balaban J connectivity index is 2.17. The second kappa shape index (κ2) is 4.13. The Hall–Kier alpha value is -0.830. The summed E-state index contributed by atoms with van der Waals surface area (Å²) >= 11 is 6.56. The van der Waals surface area contributed by atoms with E-state index >= 15 is 0 Å². The predicted octanol–water partition coefficient (Wildman–Crippen LogP) is 1.60. The number of hydrogen-bond acceptors (Lipinski definition) is 4. The van der Waals surface area contributed by atoms with Crippen molar-refractivity contribution in [1.82, 2.24) is 15.0 Å². The zero-order chi connectivity index (χ0) is 12.0. The molecule has 1 atom stereocenters. The lowest BCUT2D eigenvalue weighted by molar-refractivity contribution is -0.117.